The molecule has 2 aromatic rings. The molecule has 146 valence electrons. The van der Waals surface area contributed by atoms with Gasteiger partial charge in [-0.05, 0) is 47.1 Å². The number of ether oxygens (including phenoxy) is 2. The van der Waals surface area contributed by atoms with Crippen molar-refractivity contribution < 1.29 is 22.6 Å². The van der Waals surface area contributed by atoms with Gasteiger partial charge in [0.25, 0.3) is 0 Å². The molecule has 0 spiro atoms. The standard InChI is InChI=1S/C19H19BrF3NO2S/c1-3-25-16-6-4-5-13(17(16)20)18(26-9-10-27)14-11-12(19(21,22)23)7-8-15(14)24-2/h4-8,10-11,18,24H,3,9H2,1-2H3. The Balaban J connectivity index is 2.64. The van der Waals surface area contributed by atoms with E-state index < -0.39 is 17.8 Å². The average molecular weight is 462 g/mol. The quantitative estimate of drug-likeness (QED) is 0.487. The zero-order valence-electron chi connectivity index (χ0n) is 14.8. The van der Waals surface area contributed by atoms with Crippen molar-refractivity contribution in [1.29, 1.82) is 0 Å². The van der Waals surface area contributed by atoms with Gasteiger partial charge in [0.2, 0.25) is 0 Å². The molecule has 0 amide bonds. The molecule has 1 N–H and O–H groups in total. The maximum atomic E-state index is 13.3. The van der Waals surface area contributed by atoms with E-state index in [9.17, 15) is 13.2 Å². The zero-order valence-corrected chi connectivity index (χ0v) is 17.2. The monoisotopic (exact) mass is 461 g/mol. The van der Waals surface area contributed by atoms with Crippen molar-refractivity contribution >= 4 is 39.2 Å². The summed E-state index contributed by atoms with van der Waals surface area (Å²) >= 11 is 8.33. The van der Waals surface area contributed by atoms with Crippen LogP contribution < -0.4 is 10.1 Å². The number of benzene rings is 2. The summed E-state index contributed by atoms with van der Waals surface area (Å²) in [6.07, 6.45) is -5.23. The third-order valence-electron chi connectivity index (χ3n) is 3.84. The third-order valence-corrected chi connectivity index (χ3v) is 4.82. The lowest BCUT2D eigenvalue weighted by Gasteiger charge is -2.24. The van der Waals surface area contributed by atoms with Gasteiger partial charge in [-0.25, -0.2) is 0 Å². The van der Waals surface area contributed by atoms with E-state index in [-0.39, 0.29) is 6.61 Å². The van der Waals surface area contributed by atoms with Crippen LogP contribution in [0, 0.1) is 0 Å². The lowest BCUT2D eigenvalue weighted by molar-refractivity contribution is -0.137. The molecule has 0 saturated carbocycles. The largest absolute Gasteiger partial charge is 0.493 e. The minimum absolute atomic E-state index is 0.102. The second kappa shape index (κ2) is 9.52. The molecule has 1 atom stereocenters. The third kappa shape index (κ3) is 5.21. The first kappa shape index (κ1) is 21.7. The van der Waals surface area contributed by atoms with Gasteiger partial charge < -0.3 is 14.8 Å². The van der Waals surface area contributed by atoms with Gasteiger partial charge in [0.15, 0.2) is 0 Å². The molecule has 1 unspecified atom stereocenters. The van der Waals surface area contributed by atoms with Crippen molar-refractivity contribution in [3.05, 3.63) is 57.6 Å². The molecule has 0 aliphatic rings. The number of nitrogens with one attached hydrogen (secondary N) is 1. The number of rotatable bonds is 8. The summed E-state index contributed by atoms with van der Waals surface area (Å²) in [4.78, 5) is 0. The van der Waals surface area contributed by atoms with E-state index >= 15 is 0 Å². The van der Waals surface area contributed by atoms with Crippen LogP contribution in [-0.2, 0) is 10.9 Å². The Morgan fingerprint density at radius 2 is 1.96 bits per heavy atom. The van der Waals surface area contributed by atoms with Gasteiger partial charge in [-0.2, -0.15) is 13.2 Å². The fraction of sp³-hybridized carbons (Fsp3) is 0.316. The van der Waals surface area contributed by atoms with Gasteiger partial charge in [-0.15, -0.1) is 0 Å². The van der Waals surface area contributed by atoms with Crippen LogP contribution in [0.25, 0.3) is 0 Å². The second-order valence-electron chi connectivity index (χ2n) is 5.52. The van der Waals surface area contributed by atoms with Gasteiger partial charge >= 0.3 is 6.18 Å². The predicted octanol–water partition coefficient (Wildman–Crippen LogP) is 6.01. The smallest absolute Gasteiger partial charge is 0.416 e. The molecule has 3 nitrogen and oxygen atoms in total. The average Bonchev–Trinajstić information content (AvgIpc) is 2.64. The summed E-state index contributed by atoms with van der Waals surface area (Å²) in [5, 5.41) is 4.32. The van der Waals surface area contributed by atoms with E-state index in [4.69, 9.17) is 21.7 Å². The Kier molecular flexibility index (Phi) is 7.64. The number of alkyl halides is 3. The van der Waals surface area contributed by atoms with Crippen molar-refractivity contribution in [2.24, 2.45) is 0 Å². The highest BCUT2D eigenvalue weighted by Crippen LogP contribution is 2.41. The Hall–Kier alpha value is -1.64. The summed E-state index contributed by atoms with van der Waals surface area (Å²) in [5.74, 6) is 0.587. The molecule has 2 aromatic carbocycles. The van der Waals surface area contributed by atoms with E-state index in [1.165, 1.54) is 11.4 Å². The highest BCUT2D eigenvalue weighted by molar-refractivity contribution is 9.10. The van der Waals surface area contributed by atoms with Crippen LogP contribution in [0.2, 0.25) is 0 Å². The van der Waals surface area contributed by atoms with E-state index in [1.54, 1.807) is 25.2 Å². The highest BCUT2D eigenvalue weighted by Gasteiger charge is 2.32. The van der Waals surface area contributed by atoms with Crippen LogP contribution in [0.4, 0.5) is 18.9 Å². The first-order valence-corrected chi connectivity index (χ1v) is 9.45. The lowest BCUT2D eigenvalue weighted by Crippen LogP contribution is -2.14. The highest BCUT2D eigenvalue weighted by atomic mass is 79.9. The lowest BCUT2D eigenvalue weighted by atomic mass is 9.97. The number of thiocarbonyl (C=S) groups is 1. The molecule has 0 saturated heterocycles. The van der Waals surface area contributed by atoms with Crippen molar-refractivity contribution in [3.63, 3.8) is 0 Å². The van der Waals surface area contributed by atoms with Crippen molar-refractivity contribution in [2.45, 2.75) is 19.2 Å². The molecule has 0 heterocycles. The molecule has 2 rings (SSSR count). The Labute approximate surface area is 170 Å². The summed E-state index contributed by atoms with van der Waals surface area (Å²) in [5.41, 5.74) is 0.794. The van der Waals surface area contributed by atoms with E-state index in [1.807, 2.05) is 6.92 Å². The fourth-order valence-electron chi connectivity index (χ4n) is 2.66. The van der Waals surface area contributed by atoms with Crippen LogP contribution in [-0.4, -0.2) is 25.6 Å². The molecule has 27 heavy (non-hydrogen) atoms. The molecule has 0 aliphatic carbocycles. The maximum absolute atomic E-state index is 13.3. The maximum Gasteiger partial charge on any atom is 0.416 e. The van der Waals surface area contributed by atoms with Gasteiger partial charge in [-0.3, -0.25) is 0 Å². The summed E-state index contributed by atoms with van der Waals surface area (Å²) in [6, 6.07) is 8.85. The molecule has 8 heteroatoms. The minimum Gasteiger partial charge on any atom is -0.493 e. The Morgan fingerprint density at radius 1 is 1.22 bits per heavy atom. The molecule has 0 fully saturated rings. The number of halogens is 4. The van der Waals surface area contributed by atoms with E-state index in [2.05, 4.69) is 21.2 Å². The van der Waals surface area contributed by atoms with Crippen LogP contribution in [0.15, 0.2) is 40.9 Å². The summed E-state index contributed by atoms with van der Waals surface area (Å²) in [6.45, 7) is 2.41. The van der Waals surface area contributed by atoms with E-state index in [0.29, 0.717) is 33.6 Å². The summed E-state index contributed by atoms with van der Waals surface area (Å²) < 4.78 is 51.8. The van der Waals surface area contributed by atoms with Crippen LogP contribution >= 0.6 is 28.1 Å². The molecule has 0 bridgehead atoms. The molecular formula is C19H19BrF3NO2S. The first-order chi connectivity index (χ1) is 12.8. The van der Waals surface area contributed by atoms with Gasteiger partial charge in [0.05, 0.1) is 23.2 Å². The van der Waals surface area contributed by atoms with E-state index in [0.717, 1.165) is 12.1 Å². The molecule has 0 aliphatic heterocycles. The first-order valence-electron chi connectivity index (χ1n) is 8.18. The number of hydrogen-bond donors (Lipinski definition) is 1. The predicted molar refractivity (Wildman–Crippen MR) is 108 cm³/mol. The van der Waals surface area contributed by atoms with Crippen LogP contribution in [0.3, 0.4) is 0 Å². The molecule has 0 aromatic heterocycles. The van der Waals surface area contributed by atoms with Gasteiger partial charge in [-0.1, -0.05) is 24.4 Å². The Morgan fingerprint density at radius 3 is 2.56 bits per heavy atom. The van der Waals surface area contributed by atoms with Crippen molar-refractivity contribution in [3.8, 4) is 5.75 Å². The van der Waals surface area contributed by atoms with Crippen LogP contribution in [0.5, 0.6) is 5.75 Å². The number of hydrogen-bond acceptors (Lipinski definition) is 4. The van der Waals surface area contributed by atoms with Crippen molar-refractivity contribution in [2.75, 3.05) is 25.6 Å². The molecule has 0 radical (unpaired) electrons. The van der Waals surface area contributed by atoms with Gasteiger partial charge in [0.1, 0.15) is 11.9 Å². The van der Waals surface area contributed by atoms with Gasteiger partial charge in [0, 0.05) is 29.2 Å². The fourth-order valence-corrected chi connectivity index (χ4v) is 3.33. The normalized spacial score (nSPS) is 12.5. The minimum atomic E-state index is -4.46. The van der Waals surface area contributed by atoms with Crippen molar-refractivity contribution in [1.82, 2.24) is 0 Å². The second-order valence-corrected chi connectivity index (χ2v) is 6.65. The number of anilines is 1. The SMILES string of the molecule is CCOc1cccc(C(OCC=S)c2cc(C(F)(F)F)ccc2NC)c1Br. The molecular weight excluding hydrogens is 443 g/mol. The summed E-state index contributed by atoms with van der Waals surface area (Å²) in [7, 11) is 1.65. The Bertz CT molecular complexity index is 799. The topological polar surface area (TPSA) is 30.5 Å². The van der Waals surface area contributed by atoms with Crippen LogP contribution in [0.1, 0.15) is 29.7 Å². The zero-order chi connectivity index (χ0) is 20.0.